The minimum absolute atomic E-state index is 0.213. The molecule has 0 aliphatic carbocycles. The van der Waals surface area contributed by atoms with Crippen molar-refractivity contribution >= 4 is 17.3 Å². The lowest BCUT2D eigenvalue weighted by molar-refractivity contribution is -0.147. The summed E-state index contributed by atoms with van der Waals surface area (Å²) in [5.74, 6) is 0.0117. The Hall–Kier alpha value is -2.70. The second-order valence-electron chi connectivity index (χ2n) is 8.39. The molecule has 1 aliphatic heterocycles. The molecule has 1 fully saturated rings. The molecular weight excluding hydrogens is 420 g/mol. The van der Waals surface area contributed by atoms with Gasteiger partial charge in [-0.3, -0.25) is 9.69 Å². The van der Waals surface area contributed by atoms with Crippen molar-refractivity contribution < 1.29 is 14.6 Å². The van der Waals surface area contributed by atoms with Crippen LogP contribution in [0.4, 0.5) is 0 Å². The molecule has 0 unspecified atom stereocenters. The van der Waals surface area contributed by atoms with Crippen LogP contribution >= 0.6 is 11.3 Å². The quantitative estimate of drug-likeness (QED) is 0.366. The standard InChI is InChI=1S/C26H30N2O3S/c1-2-3-4-5-14-31-23-12-10-20(11-13-23)24-15-27-25(32-24)21-8-6-19(7-9-21)16-28-17-22(18-28)26(29)30/h6-13,15,22H,2-5,14,16-18H2,1H3,(H,29,30). The fourth-order valence-corrected chi connectivity index (χ4v) is 4.77. The summed E-state index contributed by atoms with van der Waals surface area (Å²) in [5, 5.41) is 10.00. The van der Waals surface area contributed by atoms with E-state index in [4.69, 9.17) is 9.84 Å². The average Bonchev–Trinajstić information content (AvgIpc) is 3.27. The first-order valence-electron chi connectivity index (χ1n) is 11.4. The molecule has 1 N–H and O–H groups in total. The Bertz CT molecular complexity index is 1010. The first-order chi connectivity index (χ1) is 15.6. The molecule has 0 atom stereocenters. The molecule has 5 nitrogen and oxygen atoms in total. The Morgan fingerprint density at radius 3 is 2.47 bits per heavy atom. The first kappa shape index (κ1) is 22.5. The number of carbonyl (C=O) groups is 1. The molecule has 2 heterocycles. The fourth-order valence-electron chi connectivity index (χ4n) is 3.84. The number of aromatic nitrogens is 1. The average molecular weight is 451 g/mol. The molecule has 1 aromatic heterocycles. The molecule has 1 saturated heterocycles. The molecule has 0 saturated carbocycles. The minimum atomic E-state index is -0.694. The van der Waals surface area contributed by atoms with Crippen molar-refractivity contribution in [2.45, 2.75) is 39.2 Å². The number of carboxylic acids is 1. The van der Waals surface area contributed by atoms with Crippen LogP contribution in [0, 0.1) is 5.92 Å². The molecule has 6 heteroatoms. The molecular formula is C26H30N2O3S. The molecule has 1 aliphatic rings. The van der Waals surface area contributed by atoms with Gasteiger partial charge in [-0.15, -0.1) is 11.3 Å². The predicted molar refractivity (Wildman–Crippen MR) is 129 cm³/mol. The van der Waals surface area contributed by atoms with Crippen LogP contribution in [0.5, 0.6) is 5.75 Å². The highest BCUT2D eigenvalue weighted by molar-refractivity contribution is 7.18. The van der Waals surface area contributed by atoms with Crippen LogP contribution in [0.1, 0.15) is 38.2 Å². The Balaban J connectivity index is 1.31. The van der Waals surface area contributed by atoms with Crippen LogP contribution in [-0.2, 0) is 11.3 Å². The van der Waals surface area contributed by atoms with E-state index in [1.54, 1.807) is 11.3 Å². The summed E-state index contributed by atoms with van der Waals surface area (Å²) >= 11 is 1.68. The van der Waals surface area contributed by atoms with E-state index in [2.05, 4.69) is 53.2 Å². The summed E-state index contributed by atoms with van der Waals surface area (Å²) in [5.41, 5.74) is 3.44. The number of aliphatic carboxylic acids is 1. The van der Waals surface area contributed by atoms with Crippen LogP contribution < -0.4 is 4.74 Å². The van der Waals surface area contributed by atoms with E-state index in [1.165, 1.54) is 24.8 Å². The number of thiazole rings is 1. The summed E-state index contributed by atoms with van der Waals surface area (Å²) in [6.45, 7) is 5.05. The summed E-state index contributed by atoms with van der Waals surface area (Å²) in [6.07, 6.45) is 6.77. The number of carboxylic acid groups (broad SMARTS) is 1. The van der Waals surface area contributed by atoms with Crippen molar-refractivity contribution in [2.75, 3.05) is 19.7 Å². The van der Waals surface area contributed by atoms with Crippen LogP contribution in [0.25, 0.3) is 21.0 Å². The largest absolute Gasteiger partial charge is 0.494 e. The van der Waals surface area contributed by atoms with Gasteiger partial charge in [-0.05, 0) is 41.8 Å². The smallest absolute Gasteiger partial charge is 0.309 e. The maximum absolute atomic E-state index is 10.9. The topological polar surface area (TPSA) is 62.7 Å². The Morgan fingerprint density at radius 1 is 1.06 bits per heavy atom. The molecule has 168 valence electrons. The highest BCUT2D eigenvalue weighted by Gasteiger charge is 2.32. The Morgan fingerprint density at radius 2 is 1.78 bits per heavy atom. The number of hydrogen-bond donors (Lipinski definition) is 1. The molecule has 2 aromatic carbocycles. The van der Waals surface area contributed by atoms with Gasteiger partial charge >= 0.3 is 5.97 Å². The second kappa shape index (κ2) is 10.7. The predicted octanol–water partition coefficient (Wildman–Crippen LogP) is 5.95. The van der Waals surface area contributed by atoms with Gasteiger partial charge in [0.15, 0.2) is 0 Å². The van der Waals surface area contributed by atoms with Crippen molar-refractivity contribution in [1.82, 2.24) is 9.88 Å². The number of likely N-dealkylation sites (tertiary alicyclic amines) is 1. The lowest BCUT2D eigenvalue weighted by atomic mass is 9.99. The molecule has 3 aromatic rings. The van der Waals surface area contributed by atoms with E-state index in [0.29, 0.717) is 13.1 Å². The highest BCUT2D eigenvalue weighted by Crippen LogP contribution is 2.33. The van der Waals surface area contributed by atoms with Gasteiger partial charge in [-0.2, -0.15) is 0 Å². The molecule has 0 amide bonds. The van der Waals surface area contributed by atoms with E-state index >= 15 is 0 Å². The summed E-state index contributed by atoms with van der Waals surface area (Å²) in [7, 11) is 0. The van der Waals surface area contributed by atoms with Gasteiger partial charge in [0.2, 0.25) is 0 Å². The maximum Gasteiger partial charge on any atom is 0.309 e. The van der Waals surface area contributed by atoms with Crippen molar-refractivity contribution in [3.05, 3.63) is 60.3 Å². The minimum Gasteiger partial charge on any atom is -0.494 e. The van der Waals surface area contributed by atoms with Crippen molar-refractivity contribution in [2.24, 2.45) is 5.92 Å². The van der Waals surface area contributed by atoms with Crippen molar-refractivity contribution in [3.8, 4) is 26.8 Å². The number of benzene rings is 2. The van der Waals surface area contributed by atoms with Gasteiger partial charge in [-0.1, -0.05) is 50.5 Å². The zero-order chi connectivity index (χ0) is 22.3. The van der Waals surface area contributed by atoms with Gasteiger partial charge < -0.3 is 9.84 Å². The number of rotatable bonds is 11. The molecule has 4 rings (SSSR count). The monoisotopic (exact) mass is 450 g/mol. The van der Waals surface area contributed by atoms with Crippen LogP contribution in [-0.4, -0.2) is 40.7 Å². The van der Waals surface area contributed by atoms with Gasteiger partial charge in [0.25, 0.3) is 0 Å². The lowest BCUT2D eigenvalue weighted by Gasteiger charge is -2.36. The second-order valence-corrected chi connectivity index (χ2v) is 9.42. The third-order valence-corrected chi connectivity index (χ3v) is 6.92. The maximum atomic E-state index is 10.9. The van der Waals surface area contributed by atoms with Crippen LogP contribution in [0.2, 0.25) is 0 Å². The molecule has 32 heavy (non-hydrogen) atoms. The van der Waals surface area contributed by atoms with Crippen LogP contribution in [0.3, 0.4) is 0 Å². The van der Waals surface area contributed by atoms with Crippen molar-refractivity contribution in [1.29, 1.82) is 0 Å². The van der Waals surface area contributed by atoms with E-state index in [9.17, 15) is 4.79 Å². The Labute approximate surface area is 193 Å². The molecule has 0 bridgehead atoms. The number of hydrogen-bond acceptors (Lipinski definition) is 5. The third-order valence-electron chi connectivity index (χ3n) is 5.82. The molecule has 0 spiro atoms. The number of ether oxygens (including phenoxy) is 1. The Kier molecular flexibility index (Phi) is 7.55. The van der Waals surface area contributed by atoms with E-state index in [1.807, 2.05) is 18.3 Å². The first-order valence-corrected chi connectivity index (χ1v) is 12.2. The normalized spacial score (nSPS) is 14.3. The van der Waals surface area contributed by atoms with Crippen LogP contribution in [0.15, 0.2) is 54.7 Å². The third kappa shape index (κ3) is 5.75. The number of nitrogens with zero attached hydrogens (tertiary/aromatic N) is 2. The van der Waals surface area contributed by atoms with Crippen molar-refractivity contribution in [3.63, 3.8) is 0 Å². The zero-order valence-corrected chi connectivity index (χ0v) is 19.3. The van der Waals surface area contributed by atoms with Gasteiger partial charge in [0, 0.05) is 31.4 Å². The zero-order valence-electron chi connectivity index (χ0n) is 18.5. The molecule has 0 radical (unpaired) electrons. The fraction of sp³-hybridized carbons (Fsp3) is 0.385. The van der Waals surface area contributed by atoms with Gasteiger partial charge in [0.1, 0.15) is 10.8 Å². The van der Waals surface area contributed by atoms with E-state index in [0.717, 1.165) is 46.3 Å². The SMILES string of the molecule is CCCCCCOc1ccc(-c2cnc(-c3ccc(CN4CC(C(=O)O)C4)cc3)s2)cc1. The van der Waals surface area contributed by atoms with E-state index < -0.39 is 5.97 Å². The lowest BCUT2D eigenvalue weighted by Crippen LogP contribution is -2.49. The summed E-state index contributed by atoms with van der Waals surface area (Å²) in [6, 6.07) is 16.7. The number of unbranched alkanes of at least 4 members (excludes halogenated alkanes) is 3. The van der Waals surface area contributed by atoms with Gasteiger partial charge in [-0.25, -0.2) is 4.98 Å². The summed E-state index contributed by atoms with van der Waals surface area (Å²) < 4.78 is 5.84. The van der Waals surface area contributed by atoms with E-state index in [-0.39, 0.29) is 5.92 Å². The summed E-state index contributed by atoms with van der Waals surface area (Å²) in [4.78, 5) is 18.9. The highest BCUT2D eigenvalue weighted by atomic mass is 32.1. The van der Waals surface area contributed by atoms with Gasteiger partial charge in [0.05, 0.1) is 17.4 Å².